The molecule has 2 unspecified atom stereocenters. The molecule has 22 heteroatoms. The largest absolute Gasteiger partial charge is 0.507 e. The van der Waals surface area contributed by atoms with Crippen LogP contribution in [-0.4, -0.2) is 129 Å². The van der Waals surface area contributed by atoms with Crippen LogP contribution in [0.2, 0.25) is 0 Å². The first kappa shape index (κ1) is 97.9. The molecule has 18 nitrogen and oxygen atoms in total. The third-order valence-corrected chi connectivity index (χ3v) is 23.9. The molecular weight excluding hydrogens is 1650 g/mol. The monoisotopic (exact) mass is 1770 g/mol. The summed E-state index contributed by atoms with van der Waals surface area (Å²) in [7, 11) is -0.478. The predicted octanol–water partition coefficient (Wildman–Crippen LogP) is 17.7. The van der Waals surface area contributed by atoms with Crippen LogP contribution in [0.25, 0.3) is 33.4 Å². The second kappa shape index (κ2) is 51.5. The van der Waals surface area contributed by atoms with E-state index in [2.05, 4.69) is 152 Å². The highest BCUT2D eigenvalue weighted by Crippen LogP contribution is 2.57. The molecule has 6 aromatic carbocycles. The number of aliphatic hydroxyl groups excluding tert-OH is 2. The van der Waals surface area contributed by atoms with E-state index in [-0.39, 0.29) is 43.4 Å². The Morgan fingerprint density at radius 2 is 0.792 bits per heavy atom. The van der Waals surface area contributed by atoms with Gasteiger partial charge < -0.3 is 88.6 Å². The lowest BCUT2D eigenvalue weighted by Gasteiger charge is -2.33. The number of ether oxygens (including phenoxy) is 4. The van der Waals surface area contributed by atoms with Crippen LogP contribution in [0.5, 0.6) is 11.5 Å². The van der Waals surface area contributed by atoms with Gasteiger partial charge in [0.15, 0.2) is 12.6 Å². The number of rotatable bonds is 33. The summed E-state index contributed by atoms with van der Waals surface area (Å²) in [6, 6.07) is 35.6. The van der Waals surface area contributed by atoms with Gasteiger partial charge in [0.2, 0.25) is 0 Å². The van der Waals surface area contributed by atoms with E-state index in [1.165, 1.54) is 216 Å². The van der Waals surface area contributed by atoms with Gasteiger partial charge in [0, 0.05) is 69.6 Å². The van der Waals surface area contributed by atoms with E-state index in [4.69, 9.17) is 78.4 Å². The number of aromatic hydroxyl groups is 2. The molecule has 0 aromatic heterocycles. The van der Waals surface area contributed by atoms with E-state index in [1.54, 1.807) is 17.9 Å². The zero-order valence-corrected chi connectivity index (χ0v) is 74.1. The topological polar surface area (TPSA) is 276 Å². The number of unbranched alkanes of at least 4 members (excludes halogenated alkanes) is 16. The first-order valence-electron chi connectivity index (χ1n) is 43.2. The quantitative estimate of drug-likeness (QED) is 0.00793. The predicted molar refractivity (Wildman–Crippen MR) is 480 cm³/mol. The molecule has 6 aromatic rings. The van der Waals surface area contributed by atoms with E-state index in [0.717, 1.165) is 95.0 Å². The van der Waals surface area contributed by atoms with E-state index < -0.39 is 11.9 Å². The molecule has 2 aliphatic carbocycles. The average molecular weight is 1770 g/mol. The molecule has 0 amide bonds. The molecule has 120 heavy (non-hydrogen) atoms. The number of phenols is 2. The van der Waals surface area contributed by atoms with Crippen molar-refractivity contribution in [3.8, 4) is 116 Å². The Morgan fingerprint density at radius 1 is 0.400 bits per heavy atom. The first-order valence-corrected chi connectivity index (χ1v) is 44.8. The third-order valence-electron chi connectivity index (χ3n) is 22.5. The van der Waals surface area contributed by atoms with Crippen LogP contribution in [0.3, 0.4) is 0 Å². The van der Waals surface area contributed by atoms with Crippen molar-refractivity contribution in [1.29, 1.82) is 0 Å². The summed E-state index contributed by atoms with van der Waals surface area (Å²) < 4.78 is 48.4. The van der Waals surface area contributed by atoms with Gasteiger partial charge in [0.05, 0.1) is 44.1 Å². The van der Waals surface area contributed by atoms with Crippen molar-refractivity contribution in [3.63, 3.8) is 0 Å². The van der Waals surface area contributed by atoms with Gasteiger partial charge in [-0.3, -0.25) is 0 Å². The maximum Gasteiger partial charge on any atom is 0.494 e. The lowest BCUT2D eigenvalue weighted by atomic mass is 9.67. The summed E-state index contributed by atoms with van der Waals surface area (Å²) >= 11 is 6.69. The number of aryl methyl sites for hydroxylation is 2. The minimum atomic E-state index is -3.03. The van der Waals surface area contributed by atoms with Crippen molar-refractivity contribution >= 4 is 57.0 Å². The van der Waals surface area contributed by atoms with Crippen LogP contribution in [0.4, 0.5) is 0 Å². The summed E-state index contributed by atoms with van der Waals surface area (Å²) in [6.07, 6.45) is 39.9. The van der Waals surface area contributed by atoms with Crippen LogP contribution < -0.4 is 10.9 Å². The van der Waals surface area contributed by atoms with Gasteiger partial charge in [-0.05, 0) is 226 Å². The van der Waals surface area contributed by atoms with Crippen molar-refractivity contribution in [2.75, 3.05) is 39.6 Å². The summed E-state index contributed by atoms with van der Waals surface area (Å²) in [5.41, 5.74) is 20.4. The molecule has 642 valence electrons. The molecule has 12 rings (SSSR count). The normalized spacial score (nSPS) is 16.1. The molecule has 0 spiro atoms. The van der Waals surface area contributed by atoms with Gasteiger partial charge in [-0.15, -0.1) is 0 Å². The lowest BCUT2D eigenvalue weighted by molar-refractivity contribution is -0.266. The molecule has 4 saturated heterocycles. The molecule has 4 heterocycles. The van der Waals surface area contributed by atoms with Crippen LogP contribution in [-0.2, 0) is 61.6 Å². The molecule has 0 saturated carbocycles. The number of phenolic OH excluding ortho intramolecular Hbond substituents is 2. The Labute approximate surface area is 730 Å². The van der Waals surface area contributed by atoms with Gasteiger partial charge in [-0.25, -0.2) is 0 Å². The van der Waals surface area contributed by atoms with E-state index in [0.29, 0.717) is 49.9 Å². The Kier molecular flexibility index (Phi) is 42.0. The number of hydrogen-bond acceptors (Lipinski definition) is 18. The molecule has 6 aliphatic rings. The first-order chi connectivity index (χ1) is 58.0. The summed E-state index contributed by atoms with van der Waals surface area (Å²) in [5.74, 6) is 13.4. The van der Waals surface area contributed by atoms with Crippen LogP contribution in [0.1, 0.15) is 265 Å². The van der Waals surface area contributed by atoms with E-state index >= 15 is 0 Å². The maximum absolute atomic E-state index is 11.3. The third kappa shape index (κ3) is 30.4. The minimum Gasteiger partial charge on any atom is -0.507 e. The Morgan fingerprint density at radius 3 is 1.20 bits per heavy atom. The fraction of sp³-hybridized carbons (Fsp3) is 0.510. The number of aliphatic hydroxyl groups is 8. The highest BCUT2D eigenvalue weighted by atomic mass is 79.9. The minimum absolute atomic E-state index is 0.0202. The highest BCUT2D eigenvalue weighted by molar-refractivity contribution is 9.11. The van der Waals surface area contributed by atoms with Crippen LogP contribution in [0.15, 0.2) is 106 Å². The molecule has 2 atom stereocenters. The fourth-order valence-corrected chi connectivity index (χ4v) is 17.3. The van der Waals surface area contributed by atoms with Crippen molar-refractivity contribution in [2.24, 2.45) is 0 Å². The van der Waals surface area contributed by atoms with Crippen molar-refractivity contribution in [1.82, 2.24) is 0 Å². The smallest absolute Gasteiger partial charge is 0.494 e. The standard InChI is InChI=1S/C41H56O3.C31H44B2O4.C12H14Br2O3.2C7H4O4/c1-5-7-9-11-14-22-41(23-15-12-10-8-6-2)37-25-30(3)18-20-34(37)35-21-19-32(28-38(35)41)36-27-33(31(4)26-39(36)42)29-44-40-17-13-16-24-43-40;1-3-5-7-9-11-17-31(18-12-10-8-6-4-2)29-23-25(32-34-19-20-35-32)13-15-27(29)28-16-14-26(24-30(28)31)33-36-21-22-37-33;13-9-6-11(15)10(14)5-8(9)7-17-12-3-1-2-4-16-12;2*8-6-4-2-1-3-5-7(9,10)11/h18-21,25-28,40,42H,5-17,22-24,29H2,1-4H3;13-16,23-24H,3-12,17-22H2,1-2H3;5-6,12,15H,1-4,7H2;2*8-11H. The Bertz CT molecular complexity index is 4450. The summed E-state index contributed by atoms with van der Waals surface area (Å²) in [5, 5.41) is 85.4. The maximum atomic E-state index is 11.3. The Balaban J connectivity index is 0.000000209. The number of fused-ring (bicyclic) bond motifs is 6. The van der Waals surface area contributed by atoms with Crippen LogP contribution in [0, 0.1) is 85.3 Å². The zero-order valence-electron chi connectivity index (χ0n) is 70.9. The van der Waals surface area contributed by atoms with Crippen molar-refractivity contribution in [3.05, 3.63) is 151 Å². The van der Waals surface area contributed by atoms with E-state index in [1.807, 2.05) is 59.5 Å². The van der Waals surface area contributed by atoms with Crippen molar-refractivity contribution in [2.45, 2.75) is 283 Å². The highest BCUT2D eigenvalue weighted by Gasteiger charge is 2.46. The zero-order chi connectivity index (χ0) is 86.2. The molecular formula is C98H122B2Br2O18. The van der Waals surface area contributed by atoms with E-state index in [9.17, 15) is 10.2 Å². The van der Waals surface area contributed by atoms with Crippen LogP contribution >= 0.6 is 31.9 Å². The van der Waals surface area contributed by atoms with Gasteiger partial charge >= 0.3 is 26.2 Å². The number of halogens is 2. The molecule has 0 bridgehead atoms. The van der Waals surface area contributed by atoms with Gasteiger partial charge in [0.1, 0.15) is 23.7 Å². The van der Waals surface area contributed by atoms with Gasteiger partial charge in [0.25, 0.3) is 0 Å². The Hall–Kier alpha value is -7.59. The molecule has 4 fully saturated rings. The molecule has 0 radical (unpaired) electrons. The van der Waals surface area contributed by atoms with Gasteiger partial charge in [-0.2, -0.15) is 0 Å². The second-order valence-electron chi connectivity index (χ2n) is 31.5. The average Bonchev–Trinajstić information content (AvgIpc) is 1.57. The number of hydrogen-bond donors (Lipinski definition) is 10. The SMILES string of the molecule is CCCCCCCC1(CCCCCCC)c2cc(B3OCCO3)ccc2-c2ccc(B3OCCO3)cc21.CCCCCCCC1(CCCCCCC)c2cc(C)ccc2-c2ccc(-c3cc(COC4CCCCO4)c(C)cc3O)cc21.OC#CC#CC#CC(O)(O)O.OC#CC#CC#CC(O)(O)O.Oc1cc(Br)c(COC2CCCCO2)cc1Br. The molecule has 4 aliphatic heterocycles. The second-order valence-corrected chi connectivity index (χ2v) is 33.2. The summed E-state index contributed by atoms with van der Waals surface area (Å²) in [6.45, 7) is 18.7. The fourth-order valence-electron chi connectivity index (χ4n) is 16.4. The van der Waals surface area contributed by atoms with Gasteiger partial charge in [-0.1, -0.05) is 244 Å². The summed E-state index contributed by atoms with van der Waals surface area (Å²) in [4.78, 5) is 0. The lowest BCUT2D eigenvalue weighted by Crippen LogP contribution is -2.35. The number of benzene rings is 6. The molecule has 10 N–H and O–H groups in total. The van der Waals surface area contributed by atoms with Crippen molar-refractivity contribution < 1.29 is 88.6 Å².